The molecule has 1 amide bonds. The zero-order valence-corrected chi connectivity index (χ0v) is 16.9. The molecule has 29 heavy (non-hydrogen) atoms. The first kappa shape index (κ1) is 20.2. The van der Waals surface area contributed by atoms with Crippen molar-refractivity contribution in [3.8, 4) is 0 Å². The SMILES string of the molecule is COCCNC(=O)C1CC(O)C(O)C2N=C(Nc3cccc4ccccc34)SC12. The van der Waals surface area contributed by atoms with E-state index in [0.717, 1.165) is 16.5 Å². The van der Waals surface area contributed by atoms with E-state index in [0.29, 0.717) is 18.3 Å². The Morgan fingerprint density at radius 2 is 2.03 bits per heavy atom. The van der Waals surface area contributed by atoms with Crippen molar-refractivity contribution < 1.29 is 19.7 Å². The molecule has 0 radical (unpaired) electrons. The zero-order valence-electron chi connectivity index (χ0n) is 16.1. The van der Waals surface area contributed by atoms with E-state index in [1.807, 2.05) is 42.5 Å². The molecule has 1 heterocycles. The normalized spacial score (nSPS) is 28.7. The van der Waals surface area contributed by atoms with Crippen LogP contribution in [0.5, 0.6) is 0 Å². The van der Waals surface area contributed by atoms with Crippen LogP contribution >= 0.6 is 11.8 Å². The van der Waals surface area contributed by atoms with E-state index in [-0.39, 0.29) is 17.6 Å². The van der Waals surface area contributed by atoms with Gasteiger partial charge in [-0.2, -0.15) is 0 Å². The third-order valence-corrected chi connectivity index (χ3v) is 6.77. The number of carbonyl (C=O) groups excluding carboxylic acids is 1. The number of thioether (sulfide) groups is 1. The van der Waals surface area contributed by atoms with Gasteiger partial charge in [0, 0.05) is 30.0 Å². The van der Waals surface area contributed by atoms with Crippen molar-refractivity contribution in [3.05, 3.63) is 42.5 Å². The molecule has 1 fully saturated rings. The number of aliphatic hydroxyl groups is 2. The van der Waals surface area contributed by atoms with E-state index < -0.39 is 24.2 Å². The molecule has 4 N–H and O–H groups in total. The number of amidine groups is 1. The van der Waals surface area contributed by atoms with Crippen molar-refractivity contribution >= 4 is 39.3 Å². The number of methoxy groups -OCH3 is 1. The summed E-state index contributed by atoms with van der Waals surface area (Å²) in [6, 6.07) is 13.5. The Morgan fingerprint density at radius 1 is 1.24 bits per heavy atom. The summed E-state index contributed by atoms with van der Waals surface area (Å²) in [5, 5.41) is 29.6. The van der Waals surface area contributed by atoms with Gasteiger partial charge in [0.25, 0.3) is 0 Å². The Kier molecular flexibility index (Phi) is 6.05. The molecule has 1 aliphatic carbocycles. The molecule has 0 spiro atoms. The average Bonchev–Trinajstić information content (AvgIpc) is 3.15. The summed E-state index contributed by atoms with van der Waals surface area (Å²) in [5.74, 6) is -0.576. The predicted octanol–water partition coefficient (Wildman–Crippen LogP) is 1.60. The third-order valence-electron chi connectivity index (χ3n) is 5.46. The van der Waals surface area contributed by atoms with Crippen LogP contribution in [0.1, 0.15) is 6.42 Å². The van der Waals surface area contributed by atoms with Gasteiger partial charge in [0.15, 0.2) is 5.17 Å². The van der Waals surface area contributed by atoms with Gasteiger partial charge in [0.1, 0.15) is 6.10 Å². The van der Waals surface area contributed by atoms with Gasteiger partial charge >= 0.3 is 0 Å². The van der Waals surface area contributed by atoms with Gasteiger partial charge in [-0.3, -0.25) is 9.79 Å². The molecule has 0 aromatic heterocycles. The van der Waals surface area contributed by atoms with Crippen LogP contribution in [-0.2, 0) is 9.53 Å². The topological polar surface area (TPSA) is 103 Å². The van der Waals surface area contributed by atoms with Crippen LogP contribution in [0, 0.1) is 5.92 Å². The lowest BCUT2D eigenvalue weighted by molar-refractivity contribution is -0.129. The molecule has 1 saturated carbocycles. The number of nitrogens with zero attached hydrogens (tertiary/aromatic N) is 1. The predicted molar refractivity (Wildman–Crippen MR) is 115 cm³/mol. The van der Waals surface area contributed by atoms with Crippen LogP contribution in [0.3, 0.4) is 0 Å². The maximum Gasteiger partial charge on any atom is 0.224 e. The number of fused-ring (bicyclic) bond motifs is 2. The van der Waals surface area contributed by atoms with Gasteiger partial charge in [-0.15, -0.1) is 0 Å². The molecule has 154 valence electrons. The van der Waals surface area contributed by atoms with E-state index in [4.69, 9.17) is 4.74 Å². The van der Waals surface area contributed by atoms with Crippen molar-refractivity contribution in [2.75, 3.05) is 25.6 Å². The highest BCUT2D eigenvalue weighted by Crippen LogP contribution is 2.41. The number of rotatable bonds is 5. The summed E-state index contributed by atoms with van der Waals surface area (Å²) >= 11 is 1.46. The Bertz CT molecular complexity index is 916. The largest absolute Gasteiger partial charge is 0.390 e. The zero-order chi connectivity index (χ0) is 20.4. The van der Waals surface area contributed by atoms with Crippen molar-refractivity contribution in [2.45, 2.75) is 29.9 Å². The number of hydrogen-bond acceptors (Lipinski definition) is 7. The van der Waals surface area contributed by atoms with Gasteiger partial charge in [-0.25, -0.2) is 0 Å². The summed E-state index contributed by atoms with van der Waals surface area (Å²) in [4.78, 5) is 17.3. The lowest BCUT2D eigenvalue weighted by atomic mass is 9.81. The number of benzene rings is 2. The summed E-state index contributed by atoms with van der Waals surface area (Å²) < 4.78 is 4.98. The first-order valence-corrected chi connectivity index (χ1v) is 10.6. The minimum absolute atomic E-state index is 0.142. The molecule has 5 atom stereocenters. The molecule has 5 unspecified atom stereocenters. The van der Waals surface area contributed by atoms with E-state index >= 15 is 0 Å². The minimum Gasteiger partial charge on any atom is -0.390 e. The molecule has 2 aromatic carbocycles. The van der Waals surface area contributed by atoms with Crippen molar-refractivity contribution in [2.24, 2.45) is 10.9 Å². The fraction of sp³-hybridized carbons (Fsp3) is 0.429. The second kappa shape index (κ2) is 8.71. The number of amides is 1. The van der Waals surface area contributed by atoms with Gasteiger partial charge < -0.3 is 25.6 Å². The average molecular weight is 416 g/mol. The van der Waals surface area contributed by atoms with Crippen molar-refractivity contribution in [1.82, 2.24) is 5.32 Å². The maximum absolute atomic E-state index is 12.7. The smallest absolute Gasteiger partial charge is 0.224 e. The van der Waals surface area contributed by atoms with E-state index in [1.54, 1.807) is 7.11 Å². The van der Waals surface area contributed by atoms with Crippen LogP contribution in [-0.4, -0.2) is 65.0 Å². The highest BCUT2D eigenvalue weighted by Gasteiger charge is 2.50. The lowest BCUT2D eigenvalue weighted by Gasteiger charge is -2.37. The number of nitrogens with one attached hydrogen (secondary N) is 2. The van der Waals surface area contributed by atoms with Gasteiger partial charge in [-0.1, -0.05) is 48.2 Å². The number of ether oxygens (including phenoxy) is 1. The minimum atomic E-state index is -0.984. The third kappa shape index (κ3) is 4.11. The monoisotopic (exact) mass is 415 g/mol. The second-order valence-electron chi connectivity index (χ2n) is 7.34. The maximum atomic E-state index is 12.7. The van der Waals surface area contributed by atoms with Crippen LogP contribution in [0.15, 0.2) is 47.5 Å². The van der Waals surface area contributed by atoms with Gasteiger partial charge in [0.2, 0.25) is 5.91 Å². The Balaban J connectivity index is 1.53. The Morgan fingerprint density at radius 3 is 2.86 bits per heavy atom. The lowest BCUT2D eigenvalue weighted by Crippen LogP contribution is -2.54. The first-order valence-electron chi connectivity index (χ1n) is 9.70. The summed E-state index contributed by atoms with van der Waals surface area (Å²) in [6.45, 7) is 0.837. The van der Waals surface area contributed by atoms with Crippen LogP contribution in [0.4, 0.5) is 5.69 Å². The van der Waals surface area contributed by atoms with E-state index in [2.05, 4.69) is 15.6 Å². The van der Waals surface area contributed by atoms with Crippen LogP contribution in [0.2, 0.25) is 0 Å². The van der Waals surface area contributed by atoms with Crippen LogP contribution in [0.25, 0.3) is 10.8 Å². The molecule has 1 aliphatic heterocycles. The highest BCUT2D eigenvalue weighted by atomic mass is 32.2. The summed E-state index contributed by atoms with van der Waals surface area (Å²) in [6.07, 6.45) is -1.75. The number of hydrogen-bond donors (Lipinski definition) is 4. The van der Waals surface area contributed by atoms with Crippen LogP contribution < -0.4 is 10.6 Å². The molecule has 8 heteroatoms. The molecular formula is C21H25N3O4S. The molecule has 7 nitrogen and oxygen atoms in total. The molecule has 0 bridgehead atoms. The quantitative estimate of drug-likeness (QED) is 0.553. The van der Waals surface area contributed by atoms with Gasteiger partial charge in [-0.05, 0) is 17.9 Å². The molecule has 2 aliphatic rings. The van der Waals surface area contributed by atoms with Crippen molar-refractivity contribution in [3.63, 3.8) is 0 Å². The molecule has 0 saturated heterocycles. The molecular weight excluding hydrogens is 390 g/mol. The first-order chi connectivity index (χ1) is 14.1. The number of carbonyl (C=O) groups is 1. The Hall–Kier alpha value is -2.13. The second-order valence-corrected chi connectivity index (χ2v) is 8.51. The summed E-state index contributed by atoms with van der Waals surface area (Å²) in [7, 11) is 1.58. The highest BCUT2D eigenvalue weighted by molar-refractivity contribution is 8.15. The fourth-order valence-corrected chi connectivity index (χ4v) is 5.33. The standard InChI is InChI=1S/C21H25N3O4S/c1-28-10-9-22-20(27)14-11-16(25)18(26)17-19(14)29-21(24-17)23-15-8-4-6-12-5-2-3-7-13(12)15/h2-8,14,16-19,25-26H,9-11H2,1H3,(H,22,27)(H,23,24). The number of aliphatic hydroxyl groups excluding tert-OH is 2. The van der Waals surface area contributed by atoms with E-state index in [1.165, 1.54) is 11.8 Å². The van der Waals surface area contributed by atoms with Crippen molar-refractivity contribution in [1.29, 1.82) is 0 Å². The van der Waals surface area contributed by atoms with Gasteiger partial charge in [0.05, 0.1) is 24.7 Å². The fourth-order valence-electron chi connectivity index (χ4n) is 3.97. The Labute approximate surface area is 173 Å². The number of anilines is 1. The molecule has 2 aromatic rings. The molecule has 4 rings (SSSR count). The number of aliphatic imine (C=N–C) groups is 1. The summed E-state index contributed by atoms with van der Waals surface area (Å²) in [5.41, 5.74) is 0.920. The van der Waals surface area contributed by atoms with E-state index in [9.17, 15) is 15.0 Å².